The van der Waals surface area contributed by atoms with Gasteiger partial charge in [-0.3, -0.25) is 0 Å². The zero-order valence-corrected chi connectivity index (χ0v) is 11.8. The molecule has 0 unspecified atom stereocenters. The van der Waals surface area contributed by atoms with Gasteiger partial charge in [0.1, 0.15) is 5.82 Å². The lowest BCUT2D eigenvalue weighted by molar-refractivity contribution is 0.193. The van der Waals surface area contributed by atoms with Gasteiger partial charge in [0.25, 0.3) is 0 Å². The number of likely N-dealkylation sites (tertiary alicyclic amines) is 1. The van der Waals surface area contributed by atoms with Crippen molar-refractivity contribution in [3.05, 3.63) is 34.6 Å². The summed E-state index contributed by atoms with van der Waals surface area (Å²) in [5, 5.41) is 3.05. The van der Waals surface area contributed by atoms with E-state index in [-0.39, 0.29) is 24.4 Å². The molecule has 1 fully saturated rings. The number of carbonyl (C=O) groups is 1. The van der Waals surface area contributed by atoms with Crippen molar-refractivity contribution >= 4 is 17.6 Å². The van der Waals surface area contributed by atoms with Crippen molar-refractivity contribution in [2.45, 2.75) is 25.3 Å². The third-order valence-corrected chi connectivity index (χ3v) is 3.84. The number of rotatable bonds is 3. The van der Waals surface area contributed by atoms with Gasteiger partial charge in [0, 0.05) is 23.2 Å². The number of hydrogen-bond donors (Lipinski definition) is 1. The molecule has 20 heavy (non-hydrogen) atoms. The fourth-order valence-corrected chi connectivity index (χ4v) is 2.75. The second kappa shape index (κ2) is 6.62. The zero-order chi connectivity index (χ0) is 14.5. The van der Waals surface area contributed by atoms with E-state index in [1.807, 2.05) is 0 Å². The first-order valence-corrected chi connectivity index (χ1v) is 6.92. The van der Waals surface area contributed by atoms with E-state index in [9.17, 15) is 9.18 Å². The van der Waals surface area contributed by atoms with Crippen LogP contribution in [0.5, 0.6) is 0 Å². The lowest BCUT2D eigenvalue weighted by Crippen LogP contribution is -2.43. The molecule has 0 radical (unpaired) electrons. The second-order valence-corrected chi connectivity index (χ2v) is 5.16. The quantitative estimate of drug-likeness (QED) is 0.854. The van der Waals surface area contributed by atoms with Gasteiger partial charge in [0.15, 0.2) is 0 Å². The van der Waals surface area contributed by atoms with Gasteiger partial charge in [-0.15, -0.1) is 6.42 Å². The van der Waals surface area contributed by atoms with Gasteiger partial charge in [-0.25, -0.2) is 9.18 Å². The highest BCUT2D eigenvalue weighted by molar-refractivity contribution is 6.31. The molecule has 3 nitrogen and oxygen atoms in total. The van der Waals surface area contributed by atoms with E-state index in [4.69, 9.17) is 18.0 Å². The number of amides is 2. The van der Waals surface area contributed by atoms with Crippen LogP contribution in [0.4, 0.5) is 9.18 Å². The van der Waals surface area contributed by atoms with E-state index in [1.54, 1.807) is 17.0 Å². The van der Waals surface area contributed by atoms with Crippen LogP contribution in [0, 0.1) is 18.2 Å². The first kappa shape index (κ1) is 14.7. The number of benzene rings is 1. The number of carbonyl (C=O) groups excluding carboxylic acids is 1. The van der Waals surface area contributed by atoms with E-state index < -0.39 is 0 Å². The molecule has 5 heteroatoms. The molecule has 1 atom stereocenters. The monoisotopic (exact) mass is 294 g/mol. The van der Waals surface area contributed by atoms with E-state index in [0.717, 1.165) is 12.8 Å². The molecule has 0 bridgehead atoms. The summed E-state index contributed by atoms with van der Waals surface area (Å²) in [5.74, 6) is 2.04. The third-order valence-electron chi connectivity index (χ3n) is 3.48. The molecule has 0 aliphatic carbocycles. The molecule has 1 aromatic rings. The third kappa shape index (κ3) is 3.23. The Kier molecular flexibility index (Phi) is 4.86. The summed E-state index contributed by atoms with van der Waals surface area (Å²) in [4.78, 5) is 13.7. The van der Waals surface area contributed by atoms with Gasteiger partial charge >= 0.3 is 6.03 Å². The summed E-state index contributed by atoms with van der Waals surface area (Å²) in [6.07, 6.45) is 7.29. The van der Waals surface area contributed by atoms with Crippen LogP contribution >= 0.6 is 11.6 Å². The largest absolute Gasteiger partial charge is 0.327 e. The van der Waals surface area contributed by atoms with Crippen LogP contribution in [0.15, 0.2) is 18.2 Å². The summed E-state index contributed by atoms with van der Waals surface area (Å²) in [6.45, 7) is 0.857. The SMILES string of the molecule is C#CCNC(=O)N1CCC[C@H]1Cc1c(F)cccc1Cl. The van der Waals surface area contributed by atoms with Crippen molar-refractivity contribution < 1.29 is 9.18 Å². The predicted molar refractivity (Wildman–Crippen MR) is 77.1 cm³/mol. The fourth-order valence-electron chi connectivity index (χ4n) is 2.51. The molecular weight excluding hydrogens is 279 g/mol. The van der Waals surface area contributed by atoms with Gasteiger partial charge in [-0.05, 0) is 31.4 Å². The Morgan fingerprint density at radius 2 is 2.40 bits per heavy atom. The molecule has 1 saturated heterocycles. The lowest BCUT2D eigenvalue weighted by Gasteiger charge is -2.25. The number of nitrogens with zero attached hydrogens (tertiary/aromatic N) is 1. The zero-order valence-electron chi connectivity index (χ0n) is 11.0. The van der Waals surface area contributed by atoms with Crippen LogP contribution in [0.3, 0.4) is 0 Å². The van der Waals surface area contributed by atoms with Crippen LogP contribution in [0.25, 0.3) is 0 Å². The molecule has 0 aromatic heterocycles. The molecular formula is C15H16ClFN2O. The smallest absolute Gasteiger partial charge is 0.318 e. The van der Waals surface area contributed by atoms with Crippen LogP contribution in [0.2, 0.25) is 5.02 Å². The lowest BCUT2D eigenvalue weighted by atomic mass is 10.0. The van der Waals surface area contributed by atoms with E-state index >= 15 is 0 Å². The summed E-state index contributed by atoms with van der Waals surface area (Å²) in [6, 6.07) is 4.39. The Morgan fingerprint density at radius 1 is 1.60 bits per heavy atom. The van der Waals surface area contributed by atoms with Crippen molar-refractivity contribution in [1.29, 1.82) is 0 Å². The fraction of sp³-hybridized carbons (Fsp3) is 0.400. The second-order valence-electron chi connectivity index (χ2n) is 4.76. The highest BCUT2D eigenvalue weighted by Gasteiger charge is 2.29. The summed E-state index contributed by atoms with van der Waals surface area (Å²) in [5.41, 5.74) is 0.468. The van der Waals surface area contributed by atoms with E-state index in [1.165, 1.54) is 6.07 Å². The number of urea groups is 1. The van der Waals surface area contributed by atoms with Crippen LogP contribution in [-0.4, -0.2) is 30.1 Å². The molecule has 2 rings (SSSR count). The molecule has 0 saturated carbocycles. The van der Waals surface area contributed by atoms with E-state index in [0.29, 0.717) is 23.6 Å². The Balaban J connectivity index is 2.08. The normalized spacial score (nSPS) is 17.9. The first-order valence-electron chi connectivity index (χ1n) is 6.54. The van der Waals surface area contributed by atoms with Gasteiger partial charge in [-0.1, -0.05) is 23.6 Å². The minimum atomic E-state index is -0.326. The van der Waals surface area contributed by atoms with Gasteiger partial charge in [-0.2, -0.15) is 0 Å². The van der Waals surface area contributed by atoms with Gasteiger partial charge < -0.3 is 10.2 Å². The molecule has 0 spiro atoms. The highest BCUT2D eigenvalue weighted by atomic mass is 35.5. The summed E-state index contributed by atoms with van der Waals surface area (Å²) >= 11 is 6.03. The van der Waals surface area contributed by atoms with Crippen LogP contribution in [0.1, 0.15) is 18.4 Å². The molecule has 1 aliphatic heterocycles. The predicted octanol–water partition coefficient (Wildman–Crippen LogP) is 2.83. The Morgan fingerprint density at radius 3 is 3.10 bits per heavy atom. The highest BCUT2D eigenvalue weighted by Crippen LogP contribution is 2.26. The maximum atomic E-state index is 13.8. The Hall–Kier alpha value is -1.73. The standard InChI is InChI=1S/C15H16ClFN2O/c1-2-8-18-15(20)19-9-4-5-11(19)10-12-13(16)6-3-7-14(12)17/h1,3,6-7,11H,4-5,8-10H2,(H,18,20)/t11-/m0/s1. The Labute approximate surface area is 123 Å². The minimum absolute atomic E-state index is 0.0397. The minimum Gasteiger partial charge on any atom is -0.327 e. The number of nitrogens with one attached hydrogen (secondary N) is 1. The average Bonchev–Trinajstić information content (AvgIpc) is 2.88. The van der Waals surface area contributed by atoms with Crippen LogP contribution < -0.4 is 5.32 Å². The van der Waals surface area contributed by atoms with Crippen molar-refractivity contribution in [1.82, 2.24) is 10.2 Å². The summed E-state index contributed by atoms with van der Waals surface area (Å²) < 4.78 is 13.8. The first-order chi connectivity index (χ1) is 9.63. The van der Waals surface area contributed by atoms with Crippen molar-refractivity contribution in [3.63, 3.8) is 0 Å². The molecule has 1 N–H and O–H groups in total. The van der Waals surface area contributed by atoms with Crippen molar-refractivity contribution in [2.75, 3.05) is 13.1 Å². The van der Waals surface area contributed by atoms with Crippen molar-refractivity contribution in [3.8, 4) is 12.3 Å². The maximum absolute atomic E-state index is 13.8. The molecule has 1 heterocycles. The average molecular weight is 295 g/mol. The number of halogens is 2. The molecule has 1 aliphatic rings. The van der Waals surface area contributed by atoms with Crippen molar-refractivity contribution in [2.24, 2.45) is 0 Å². The summed E-state index contributed by atoms with van der Waals surface area (Å²) in [7, 11) is 0. The number of terminal acetylenes is 1. The van der Waals surface area contributed by atoms with E-state index in [2.05, 4.69) is 11.2 Å². The van der Waals surface area contributed by atoms with Gasteiger partial charge in [0.2, 0.25) is 0 Å². The topological polar surface area (TPSA) is 32.3 Å². The Bertz CT molecular complexity index is 521. The molecule has 106 valence electrons. The molecule has 1 aromatic carbocycles. The maximum Gasteiger partial charge on any atom is 0.318 e. The van der Waals surface area contributed by atoms with Gasteiger partial charge in [0.05, 0.1) is 6.54 Å². The van der Waals surface area contributed by atoms with Crippen LogP contribution in [-0.2, 0) is 6.42 Å². The molecule has 2 amide bonds. The number of hydrogen-bond acceptors (Lipinski definition) is 1.